The Morgan fingerprint density at radius 3 is 2.41 bits per heavy atom. The van der Waals surface area contributed by atoms with Gasteiger partial charge in [-0.1, -0.05) is 23.4 Å². The molecule has 0 fully saturated rings. The Morgan fingerprint density at radius 1 is 1.29 bits per heavy atom. The molecule has 1 aromatic rings. The first-order valence-electron chi connectivity index (χ1n) is 4.59. The van der Waals surface area contributed by atoms with E-state index in [1.807, 2.05) is 18.2 Å². The Balaban J connectivity index is 0.00000256. The molecule has 8 heteroatoms. The van der Waals surface area contributed by atoms with Crippen LogP contribution in [0, 0.1) is 0 Å². The van der Waals surface area contributed by atoms with Crippen LogP contribution in [0.2, 0.25) is 0 Å². The minimum Gasteiger partial charge on any atom is -0.748 e. The van der Waals surface area contributed by atoms with Gasteiger partial charge < -0.3 is 4.55 Å². The van der Waals surface area contributed by atoms with E-state index in [1.165, 1.54) is 5.01 Å². The summed E-state index contributed by atoms with van der Waals surface area (Å²) in [5.41, 5.74) is 0.666. The standard InChI is InChI=1S/C9H13N3O3S.Na/c1-12(7-8-16(13,14)15)11-10-9-5-3-2-4-6-9;/h2-6H,7-8H2,1H3,(H,13,14,15);/q;+1/p-1. The van der Waals surface area contributed by atoms with E-state index in [-0.39, 0.29) is 36.1 Å². The van der Waals surface area contributed by atoms with Crippen LogP contribution >= 0.6 is 0 Å². The number of benzene rings is 1. The number of hydrogen-bond acceptors (Lipinski definition) is 5. The molecule has 0 saturated carbocycles. The van der Waals surface area contributed by atoms with Crippen LogP contribution in [0.15, 0.2) is 40.7 Å². The summed E-state index contributed by atoms with van der Waals surface area (Å²) in [6.07, 6.45) is 0. The first-order chi connectivity index (χ1) is 7.47. The molecule has 0 bridgehead atoms. The summed E-state index contributed by atoms with van der Waals surface area (Å²) in [6.45, 7) is 0.0299. The third-order valence-corrected chi connectivity index (χ3v) is 2.42. The van der Waals surface area contributed by atoms with E-state index in [0.29, 0.717) is 5.69 Å². The Hall–Kier alpha value is -0.470. The number of nitrogens with zero attached hydrogens (tertiary/aromatic N) is 3. The summed E-state index contributed by atoms with van der Waals surface area (Å²) in [5.74, 6) is -0.475. The van der Waals surface area contributed by atoms with Gasteiger partial charge in [0.15, 0.2) is 0 Å². The molecule has 0 aliphatic rings. The molecular formula is C9H12N3NaO3S. The van der Waals surface area contributed by atoms with E-state index in [9.17, 15) is 13.0 Å². The van der Waals surface area contributed by atoms with Crippen LogP contribution in [0.3, 0.4) is 0 Å². The second-order valence-corrected chi connectivity index (χ2v) is 4.69. The van der Waals surface area contributed by atoms with Crippen molar-refractivity contribution in [2.45, 2.75) is 0 Å². The van der Waals surface area contributed by atoms with Crippen molar-refractivity contribution in [2.24, 2.45) is 10.3 Å². The van der Waals surface area contributed by atoms with Gasteiger partial charge in [0.1, 0.15) is 0 Å². The molecule has 0 aliphatic carbocycles. The van der Waals surface area contributed by atoms with Gasteiger partial charge in [-0.25, -0.2) is 8.42 Å². The van der Waals surface area contributed by atoms with E-state index < -0.39 is 15.9 Å². The van der Waals surface area contributed by atoms with Crippen molar-refractivity contribution in [2.75, 3.05) is 19.3 Å². The number of hydrogen-bond donors (Lipinski definition) is 0. The molecule has 0 amide bonds. The first-order valence-corrected chi connectivity index (χ1v) is 6.16. The summed E-state index contributed by atoms with van der Waals surface area (Å²) in [5, 5.41) is 8.92. The monoisotopic (exact) mass is 265 g/mol. The number of rotatable bonds is 5. The smallest absolute Gasteiger partial charge is 0.748 e. The third kappa shape index (κ3) is 8.28. The van der Waals surface area contributed by atoms with Gasteiger partial charge in [-0.15, -0.1) is 5.11 Å². The van der Waals surface area contributed by atoms with Crippen molar-refractivity contribution < 1.29 is 42.5 Å². The molecule has 0 aromatic heterocycles. The SMILES string of the molecule is CN(CCS(=O)(=O)[O-])N=Nc1ccccc1.[Na+]. The molecule has 88 valence electrons. The summed E-state index contributed by atoms with van der Waals surface area (Å²) >= 11 is 0. The Labute approximate surface area is 123 Å². The van der Waals surface area contributed by atoms with Crippen molar-refractivity contribution in [1.82, 2.24) is 5.01 Å². The largest absolute Gasteiger partial charge is 1.00 e. The molecule has 0 heterocycles. The van der Waals surface area contributed by atoms with Crippen molar-refractivity contribution in [3.05, 3.63) is 30.3 Å². The maximum absolute atomic E-state index is 10.4. The molecule has 0 radical (unpaired) electrons. The summed E-state index contributed by atoms with van der Waals surface area (Å²) < 4.78 is 31.1. The molecule has 1 rings (SSSR count). The second kappa shape index (κ2) is 7.78. The summed E-state index contributed by atoms with van der Waals surface area (Å²) in [7, 11) is -2.64. The molecule has 0 unspecified atom stereocenters. The summed E-state index contributed by atoms with van der Waals surface area (Å²) in [6, 6.07) is 9.02. The predicted octanol–water partition coefficient (Wildman–Crippen LogP) is -1.83. The molecule has 0 aliphatic heterocycles. The van der Waals surface area contributed by atoms with Gasteiger partial charge in [-0.05, 0) is 12.1 Å². The third-order valence-electron chi connectivity index (χ3n) is 1.73. The maximum atomic E-state index is 10.4. The van der Waals surface area contributed by atoms with Crippen LogP contribution in [0.25, 0.3) is 0 Å². The van der Waals surface area contributed by atoms with Gasteiger partial charge in [0, 0.05) is 7.05 Å². The maximum Gasteiger partial charge on any atom is 1.00 e. The fraction of sp³-hybridized carbons (Fsp3) is 0.333. The minimum absolute atomic E-state index is 0. The van der Waals surface area contributed by atoms with E-state index >= 15 is 0 Å². The van der Waals surface area contributed by atoms with E-state index in [2.05, 4.69) is 10.3 Å². The zero-order valence-electron chi connectivity index (χ0n) is 9.78. The van der Waals surface area contributed by atoms with Gasteiger partial charge in [0.25, 0.3) is 0 Å². The van der Waals surface area contributed by atoms with Crippen molar-refractivity contribution >= 4 is 15.8 Å². The molecule has 0 atom stereocenters. The predicted molar refractivity (Wildman–Crippen MR) is 58.2 cm³/mol. The minimum atomic E-state index is -4.20. The molecule has 0 N–H and O–H groups in total. The van der Waals surface area contributed by atoms with Crippen LogP contribution in [0.5, 0.6) is 0 Å². The molecule has 17 heavy (non-hydrogen) atoms. The normalized spacial score (nSPS) is 11.2. The average Bonchev–Trinajstić information content (AvgIpc) is 2.24. The van der Waals surface area contributed by atoms with E-state index in [1.54, 1.807) is 19.2 Å². The molecule has 0 spiro atoms. The van der Waals surface area contributed by atoms with Crippen LogP contribution in [0.1, 0.15) is 0 Å². The quantitative estimate of drug-likeness (QED) is 0.271. The Bertz CT molecular complexity index is 450. The van der Waals surface area contributed by atoms with Crippen LogP contribution in [0.4, 0.5) is 5.69 Å². The van der Waals surface area contributed by atoms with Crippen molar-refractivity contribution in [1.29, 1.82) is 0 Å². The second-order valence-electron chi connectivity index (χ2n) is 3.17. The van der Waals surface area contributed by atoms with Gasteiger partial charge in [-0.3, -0.25) is 5.01 Å². The zero-order chi connectivity index (χ0) is 12.0. The zero-order valence-corrected chi connectivity index (χ0v) is 12.6. The van der Waals surface area contributed by atoms with Crippen LogP contribution in [-0.4, -0.2) is 37.3 Å². The Kier molecular flexibility index (Phi) is 7.56. The van der Waals surface area contributed by atoms with Crippen LogP contribution in [-0.2, 0) is 10.1 Å². The van der Waals surface area contributed by atoms with E-state index in [4.69, 9.17) is 0 Å². The van der Waals surface area contributed by atoms with E-state index in [0.717, 1.165) is 0 Å². The summed E-state index contributed by atoms with van der Waals surface area (Å²) in [4.78, 5) is 0. The Morgan fingerprint density at radius 2 is 1.88 bits per heavy atom. The van der Waals surface area contributed by atoms with Gasteiger partial charge in [0.2, 0.25) is 0 Å². The van der Waals surface area contributed by atoms with Crippen molar-refractivity contribution in [3.8, 4) is 0 Å². The first kappa shape index (κ1) is 16.5. The molecule has 0 saturated heterocycles. The molecule has 1 aromatic carbocycles. The van der Waals surface area contributed by atoms with Gasteiger partial charge in [0.05, 0.1) is 28.1 Å². The van der Waals surface area contributed by atoms with Crippen LogP contribution < -0.4 is 29.6 Å². The molecule has 6 nitrogen and oxygen atoms in total. The fourth-order valence-electron chi connectivity index (χ4n) is 0.911. The van der Waals surface area contributed by atoms with Gasteiger partial charge >= 0.3 is 29.6 Å². The average molecular weight is 265 g/mol. The molecular weight excluding hydrogens is 253 g/mol. The van der Waals surface area contributed by atoms with Gasteiger partial charge in [-0.2, -0.15) is 0 Å². The topological polar surface area (TPSA) is 85.2 Å². The fourth-order valence-corrected chi connectivity index (χ4v) is 1.40. The van der Waals surface area contributed by atoms with Crippen molar-refractivity contribution in [3.63, 3.8) is 0 Å².